The number of rotatable bonds is 1. The molecule has 2 heterocycles. The van der Waals surface area contributed by atoms with Crippen LogP contribution in [0, 0.1) is 0 Å². The van der Waals surface area contributed by atoms with E-state index in [1.165, 1.54) is 0 Å². The van der Waals surface area contributed by atoms with Crippen LogP contribution in [0.25, 0.3) is 16.4 Å². The molecule has 0 bridgehead atoms. The van der Waals surface area contributed by atoms with Gasteiger partial charge in [0.15, 0.2) is 5.69 Å². The largest absolute Gasteiger partial charge is 0.335 e. The van der Waals surface area contributed by atoms with Gasteiger partial charge in [0.1, 0.15) is 6.33 Å². The van der Waals surface area contributed by atoms with Gasteiger partial charge in [-0.1, -0.05) is 24.3 Å². The number of amides is 1. The first-order valence-corrected chi connectivity index (χ1v) is 7.02. The topological polar surface area (TPSA) is 37.6 Å². The van der Waals surface area contributed by atoms with Crippen LogP contribution < -0.4 is 0 Å². The van der Waals surface area contributed by atoms with Crippen LogP contribution in [-0.4, -0.2) is 32.8 Å². The first kappa shape index (κ1) is 13.6. The Bertz CT molecular complexity index is 827. The van der Waals surface area contributed by atoms with Crippen molar-refractivity contribution in [3.63, 3.8) is 0 Å². The second-order valence-electron chi connectivity index (χ2n) is 6.28. The maximum absolute atomic E-state index is 12.7. The second kappa shape index (κ2) is 4.58. The first-order valence-electron chi connectivity index (χ1n) is 7.02. The van der Waals surface area contributed by atoms with Crippen molar-refractivity contribution in [3.05, 3.63) is 48.4 Å². The molecule has 3 aromatic rings. The number of hydrogen-bond acceptors (Lipinski definition) is 2. The Morgan fingerprint density at radius 2 is 1.81 bits per heavy atom. The number of benzene rings is 1. The summed E-state index contributed by atoms with van der Waals surface area (Å²) in [6.45, 7) is 6.04. The fourth-order valence-corrected chi connectivity index (χ4v) is 2.35. The molecule has 2 aromatic heterocycles. The third-order valence-corrected chi connectivity index (χ3v) is 3.93. The lowest BCUT2D eigenvalue weighted by Crippen LogP contribution is -2.42. The molecule has 21 heavy (non-hydrogen) atoms. The number of para-hydroxylation sites is 1. The average Bonchev–Trinajstić information content (AvgIpc) is 2.89. The van der Waals surface area contributed by atoms with Crippen molar-refractivity contribution in [2.24, 2.45) is 0 Å². The van der Waals surface area contributed by atoms with Crippen molar-refractivity contribution in [1.29, 1.82) is 0 Å². The summed E-state index contributed by atoms with van der Waals surface area (Å²) in [5.74, 6) is -0.0553. The van der Waals surface area contributed by atoms with Crippen molar-refractivity contribution in [1.82, 2.24) is 14.3 Å². The highest BCUT2D eigenvalue weighted by Gasteiger charge is 2.26. The zero-order valence-electron chi connectivity index (χ0n) is 12.8. The number of imidazole rings is 1. The Morgan fingerprint density at radius 1 is 1.10 bits per heavy atom. The molecular weight excluding hydrogens is 262 g/mol. The fraction of sp³-hybridized carbons (Fsp3) is 0.294. The summed E-state index contributed by atoms with van der Waals surface area (Å²) in [6.07, 6.45) is 1.72. The van der Waals surface area contributed by atoms with Crippen LogP contribution in [0.15, 0.2) is 42.7 Å². The van der Waals surface area contributed by atoms with Crippen molar-refractivity contribution < 1.29 is 4.79 Å². The molecule has 4 nitrogen and oxygen atoms in total. The van der Waals surface area contributed by atoms with Crippen LogP contribution in [-0.2, 0) is 0 Å². The highest BCUT2D eigenvalue weighted by Crippen LogP contribution is 2.21. The molecule has 1 aromatic carbocycles. The normalized spacial score (nSPS) is 12.0. The third kappa shape index (κ3) is 2.17. The third-order valence-electron chi connectivity index (χ3n) is 3.93. The van der Waals surface area contributed by atoms with E-state index in [0.717, 1.165) is 16.4 Å². The van der Waals surface area contributed by atoms with Gasteiger partial charge in [0.2, 0.25) is 0 Å². The summed E-state index contributed by atoms with van der Waals surface area (Å²) in [6, 6.07) is 12.1. The minimum absolute atomic E-state index is 0.0553. The maximum atomic E-state index is 12.7. The average molecular weight is 281 g/mol. The minimum Gasteiger partial charge on any atom is -0.335 e. The van der Waals surface area contributed by atoms with E-state index in [-0.39, 0.29) is 11.4 Å². The number of hydrogen-bond donors (Lipinski definition) is 0. The molecular formula is C17H19N3O. The molecule has 108 valence electrons. The Morgan fingerprint density at radius 3 is 2.52 bits per heavy atom. The Labute approximate surface area is 124 Å². The summed E-state index contributed by atoms with van der Waals surface area (Å²) in [5, 5.41) is 1.13. The maximum Gasteiger partial charge on any atom is 0.274 e. The lowest BCUT2D eigenvalue weighted by Gasteiger charge is -2.31. The minimum atomic E-state index is -0.232. The summed E-state index contributed by atoms with van der Waals surface area (Å²) in [7, 11) is 1.81. The first-order chi connectivity index (χ1) is 9.89. The van der Waals surface area contributed by atoms with Crippen molar-refractivity contribution in [2.75, 3.05) is 7.05 Å². The van der Waals surface area contributed by atoms with Crippen LogP contribution in [0.5, 0.6) is 0 Å². The van der Waals surface area contributed by atoms with Gasteiger partial charge in [-0.3, -0.25) is 9.20 Å². The number of carbonyl (C=O) groups excluding carboxylic acids is 1. The van der Waals surface area contributed by atoms with Crippen molar-refractivity contribution in [2.45, 2.75) is 26.3 Å². The van der Waals surface area contributed by atoms with Crippen LogP contribution in [0.1, 0.15) is 31.3 Å². The molecule has 0 N–H and O–H groups in total. The number of nitrogens with zero attached hydrogens (tertiary/aromatic N) is 3. The Balaban J connectivity index is 2.17. The Hall–Kier alpha value is -2.36. The molecule has 0 atom stereocenters. The summed E-state index contributed by atoms with van der Waals surface area (Å²) in [5.41, 5.74) is 2.16. The van der Waals surface area contributed by atoms with E-state index in [2.05, 4.69) is 11.1 Å². The molecule has 3 rings (SSSR count). The quantitative estimate of drug-likeness (QED) is 0.686. The molecule has 0 aliphatic carbocycles. The van der Waals surface area contributed by atoms with Crippen LogP contribution in [0.3, 0.4) is 0 Å². The van der Waals surface area contributed by atoms with Gasteiger partial charge >= 0.3 is 0 Å². The number of pyridine rings is 1. The predicted molar refractivity (Wildman–Crippen MR) is 84.5 cm³/mol. The standard InChI is InChI=1S/C17H19N3O/c1-17(2,3)19(4)16(21)15-14-10-9-12-7-5-6-8-13(12)20(14)11-18-15/h5-11H,1-4H3. The number of aromatic nitrogens is 2. The van der Waals surface area contributed by atoms with E-state index in [0.29, 0.717) is 5.69 Å². The van der Waals surface area contributed by atoms with E-state index >= 15 is 0 Å². The Kier molecular flexibility index (Phi) is 2.97. The van der Waals surface area contributed by atoms with Gasteiger partial charge in [0.25, 0.3) is 5.91 Å². The zero-order valence-corrected chi connectivity index (χ0v) is 12.8. The van der Waals surface area contributed by atoms with E-state index in [4.69, 9.17) is 0 Å². The summed E-state index contributed by atoms with van der Waals surface area (Å²) in [4.78, 5) is 18.7. The predicted octanol–water partition coefficient (Wildman–Crippen LogP) is 3.36. The fourth-order valence-electron chi connectivity index (χ4n) is 2.35. The molecule has 0 spiro atoms. The lowest BCUT2D eigenvalue weighted by molar-refractivity contribution is 0.0652. The summed E-state index contributed by atoms with van der Waals surface area (Å²) < 4.78 is 1.97. The van der Waals surface area contributed by atoms with Gasteiger partial charge in [-0.25, -0.2) is 4.98 Å². The monoisotopic (exact) mass is 281 g/mol. The van der Waals surface area contributed by atoms with Crippen molar-refractivity contribution in [3.8, 4) is 0 Å². The molecule has 0 fully saturated rings. The number of carbonyl (C=O) groups is 1. The molecule has 0 saturated heterocycles. The highest BCUT2D eigenvalue weighted by molar-refractivity contribution is 6.00. The van der Waals surface area contributed by atoms with Gasteiger partial charge < -0.3 is 4.90 Å². The van der Waals surface area contributed by atoms with Crippen LogP contribution in [0.2, 0.25) is 0 Å². The molecule has 1 amide bonds. The number of fused-ring (bicyclic) bond motifs is 3. The molecule has 0 saturated carbocycles. The lowest BCUT2D eigenvalue weighted by atomic mass is 10.1. The van der Waals surface area contributed by atoms with Gasteiger partial charge in [0.05, 0.1) is 11.0 Å². The SMILES string of the molecule is CN(C(=O)c1ncn2c1ccc1ccccc12)C(C)(C)C. The van der Waals surface area contributed by atoms with E-state index in [1.807, 2.05) is 62.6 Å². The van der Waals surface area contributed by atoms with Crippen LogP contribution >= 0.6 is 0 Å². The molecule has 0 radical (unpaired) electrons. The smallest absolute Gasteiger partial charge is 0.274 e. The van der Waals surface area contributed by atoms with Gasteiger partial charge in [0, 0.05) is 12.6 Å². The molecule has 4 heteroatoms. The van der Waals surface area contributed by atoms with Gasteiger partial charge in [-0.2, -0.15) is 0 Å². The second-order valence-corrected chi connectivity index (χ2v) is 6.28. The van der Waals surface area contributed by atoms with E-state index < -0.39 is 0 Å². The van der Waals surface area contributed by atoms with Crippen molar-refractivity contribution >= 4 is 22.3 Å². The zero-order chi connectivity index (χ0) is 15.2. The van der Waals surface area contributed by atoms with Gasteiger partial charge in [-0.15, -0.1) is 0 Å². The van der Waals surface area contributed by atoms with Gasteiger partial charge in [-0.05, 0) is 38.3 Å². The summed E-state index contributed by atoms with van der Waals surface area (Å²) >= 11 is 0. The molecule has 0 unspecified atom stereocenters. The molecule has 0 aliphatic heterocycles. The molecule has 0 aliphatic rings. The highest BCUT2D eigenvalue weighted by atomic mass is 16.2. The van der Waals surface area contributed by atoms with E-state index in [1.54, 1.807) is 11.2 Å². The van der Waals surface area contributed by atoms with E-state index in [9.17, 15) is 4.79 Å². The van der Waals surface area contributed by atoms with Crippen LogP contribution in [0.4, 0.5) is 0 Å².